The maximum Gasteiger partial charge on any atom is 0.246 e. The monoisotopic (exact) mass is 179 g/mol. The number of aliphatic hydroxyl groups is 1. The maximum atomic E-state index is 10.8. The summed E-state index contributed by atoms with van der Waals surface area (Å²) < 4.78 is 0. The van der Waals surface area contributed by atoms with Crippen LogP contribution in [0.25, 0.3) is 0 Å². The average molecular weight is 179 g/mol. The molecule has 0 bridgehead atoms. The minimum absolute atomic E-state index is 0.0548. The van der Waals surface area contributed by atoms with Gasteiger partial charge in [0.05, 0.1) is 6.04 Å². The fraction of sp³-hybridized carbons (Fsp3) is 0.300. The van der Waals surface area contributed by atoms with Gasteiger partial charge in [0, 0.05) is 0 Å². The summed E-state index contributed by atoms with van der Waals surface area (Å²) in [4.78, 5) is 10.8. The van der Waals surface area contributed by atoms with Crippen LogP contribution in [-0.4, -0.2) is 17.6 Å². The van der Waals surface area contributed by atoms with Gasteiger partial charge in [0.1, 0.15) is 6.61 Å². The molecule has 1 aromatic carbocycles. The second-order valence-corrected chi connectivity index (χ2v) is 2.86. The predicted molar refractivity (Wildman–Crippen MR) is 50.1 cm³/mol. The molecule has 0 unspecified atom stereocenters. The molecule has 3 nitrogen and oxygen atoms in total. The van der Waals surface area contributed by atoms with E-state index in [0.29, 0.717) is 0 Å². The molecule has 0 saturated heterocycles. The Labute approximate surface area is 77.4 Å². The number of carbonyl (C=O) groups is 1. The van der Waals surface area contributed by atoms with Gasteiger partial charge < -0.3 is 10.4 Å². The van der Waals surface area contributed by atoms with Crippen LogP contribution in [0.15, 0.2) is 30.3 Å². The molecule has 0 aliphatic carbocycles. The van der Waals surface area contributed by atoms with Crippen LogP contribution in [0.1, 0.15) is 18.5 Å². The first kappa shape index (κ1) is 9.74. The van der Waals surface area contributed by atoms with Gasteiger partial charge in [0.25, 0.3) is 0 Å². The van der Waals surface area contributed by atoms with Crippen molar-refractivity contribution in [3.8, 4) is 0 Å². The minimum Gasteiger partial charge on any atom is -0.387 e. The Bertz CT molecular complexity index is 272. The number of hydrogen-bond acceptors (Lipinski definition) is 2. The van der Waals surface area contributed by atoms with E-state index in [4.69, 9.17) is 5.11 Å². The van der Waals surface area contributed by atoms with Crippen molar-refractivity contribution in [2.45, 2.75) is 13.0 Å². The first-order chi connectivity index (χ1) is 6.24. The number of aliphatic hydroxyl groups excluding tert-OH is 1. The quantitative estimate of drug-likeness (QED) is 0.723. The molecule has 0 aromatic heterocycles. The molecule has 0 heterocycles. The highest BCUT2D eigenvalue weighted by Gasteiger charge is 2.06. The van der Waals surface area contributed by atoms with E-state index in [0.717, 1.165) is 5.56 Å². The van der Waals surface area contributed by atoms with Crippen molar-refractivity contribution >= 4 is 5.91 Å². The second-order valence-electron chi connectivity index (χ2n) is 2.86. The van der Waals surface area contributed by atoms with Crippen molar-refractivity contribution in [1.82, 2.24) is 5.32 Å². The lowest BCUT2D eigenvalue weighted by Gasteiger charge is -2.12. The lowest BCUT2D eigenvalue weighted by molar-refractivity contribution is -0.124. The third kappa shape index (κ3) is 2.87. The standard InChI is InChI=1S/C10H13NO2/c1-8(11-10(13)7-12)9-5-3-2-4-6-9/h2-6,8,12H,7H2,1H3,(H,11,13)/t8-/m1/s1. The molecule has 0 radical (unpaired) electrons. The van der Waals surface area contributed by atoms with Gasteiger partial charge in [-0.05, 0) is 12.5 Å². The number of nitrogens with one attached hydrogen (secondary N) is 1. The molecule has 0 aliphatic heterocycles. The van der Waals surface area contributed by atoms with Gasteiger partial charge in [-0.25, -0.2) is 0 Å². The molecule has 0 fully saturated rings. The zero-order valence-corrected chi connectivity index (χ0v) is 7.53. The van der Waals surface area contributed by atoms with E-state index in [1.165, 1.54) is 0 Å². The van der Waals surface area contributed by atoms with Crippen LogP contribution in [0.5, 0.6) is 0 Å². The molecule has 1 amide bonds. The number of rotatable bonds is 3. The number of amides is 1. The van der Waals surface area contributed by atoms with Gasteiger partial charge in [-0.15, -0.1) is 0 Å². The SMILES string of the molecule is C[C@@H](NC(=O)CO)c1ccccc1. The van der Waals surface area contributed by atoms with Crippen molar-refractivity contribution in [2.75, 3.05) is 6.61 Å². The molecule has 0 spiro atoms. The van der Waals surface area contributed by atoms with E-state index < -0.39 is 6.61 Å². The van der Waals surface area contributed by atoms with Gasteiger partial charge in [-0.3, -0.25) is 4.79 Å². The smallest absolute Gasteiger partial charge is 0.246 e. The zero-order chi connectivity index (χ0) is 9.68. The maximum absolute atomic E-state index is 10.8. The Morgan fingerprint density at radius 2 is 2.08 bits per heavy atom. The Hall–Kier alpha value is -1.35. The summed E-state index contributed by atoms with van der Waals surface area (Å²) in [6.45, 7) is 1.42. The van der Waals surface area contributed by atoms with E-state index in [1.807, 2.05) is 37.3 Å². The Kier molecular flexibility index (Phi) is 3.46. The lowest BCUT2D eigenvalue weighted by atomic mass is 10.1. The van der Waals surface area contributed by atoms with Crippen molar-refractivity contribution < 1.29 is 9.90 Å². The predicted octanol–water partition coefficient (Wildman–Crippen LogP) is 0.856. The van der Waals surface area contributed by atoms with Crippen molar-refractivity contribution in [2.24, 2.45) is 0 Å². The van der Waals surface area contributed by atoms with Crippen LogP contribution in [0, 0.1) is 0 Å². The summed E-state index contributed by atoms with van der Waals surface area (Å²) in [5.74, 6) is -0.351. The van der Waals surface area contributed by atoms with Crippen LogP contribution in [0.2, 0.25) is 0 Å². The molecule has 70 valence electrons. The number of hydrogen-bond donors (Lipinski definition) is 2. The Morgan fingerprint density at radius 1 is 1.46 bits per heavy atom. The lowest BCUT2D eigenvalue weighted by Crippen LogP contribution is -2.28. The van der Waals surface area contributed by atoms with Gasteiger partial charge in [0.15, 0.2) is 0 Å². The highest BCUT2D eigenvalue weighted by atomic mass is 16.3. The van der Waals surface area contributed by atoms with E-state index in [1.54, 1.807) is 0 Å². The Morgan fingerprint density at radius 3 is 2.62 bits per heavy atom. The molecule has 0 saturated carbocycles. The first-order valence-corrected chi connectivity index (χ1v) is 4.19. The van der Waals surface area contributed by atoms with Crippen LogP contribution in [-0.2, 0) is 4.79 Å². The summed E-state index contributed by atoms with van der Waals surface area (Å²) >= 11 is 0. The van der Waals surface area contributed by atoms with Gasteiger partial charge in [0.2, 0.25) is 5.91 Å². The highest BCUT2D eigenvalue weighted by Crippen LogP contribution is 2.10. The average Bonchev–Trinajstić information content (AvgIpc) is 2.19. The molecule has 1 aromatic rings. The molecular weight excluding hydrogens is 166 g/mol. The molecule has 13 heavy (non-hydrogen) atoms. The fourth-order valence-corrected chi connectivity index (χ4v) is 1.11. The molecule has 1 rings (SSSR count). The third-order valence-corrected chi connectivity index (χ3v) is 1.82. The number of benzene rings is 1. The van der Waals surface area contributed by atoms with Crippen molar-refractivity contribution in [1.29, 1.82) is 0 Å². The van der Waals surface area contributed by atoms with E-state index in [9.17, 15) is 4.79 Å². The largest absolute Gasteiger partial charge is 0.387 e. The van der Waals surface area contributed by atoms with E-state index >= 15 is 0 Å². The molecule has 0 aliphatic rings. The molecular formula is C10H13NO2. The minimum atomic E-state index is -0.461. The van der Waals surface area contributed by atoms with Gasteiger partial charge in [-0.2, -0.15) is 0 Å². The van der Waals surface area contributed by atoms with E-state index in [-0.39, 0.29) is 11.9 Å². The topological polar surface area (TPSA) is 49.3 Å². The van der Waals surface area contributed by atoms with Crippen molar-refractivity contribution in [3.05, 3.63) is 35.9 Å². The van der Waals surface area contributed by atoms with Crippen LogP contribution in [0.3, 0.4) is 0 Å². The third-order valence-electron chi connectivity index (χ3n) is 1.82. The summed E-state index contributed by atoms with van der Waals surface area (Å²) in [6.07, 6.45) is 0. The van der Waals surface area contributed by atoms with Crippen LogP contribution >= 0.6 is 0 Å². The zero-order valence-electron chi connectivity index (χ0n) is 7.53. The summed E-state index contributed by atoms with van der Waals surface area (Å²) in [5, 5.41) is 11.2. The Balaban J connectivity index is 2.59. The summed E-state index contributed by atoms with van der Waals surface area (Å²) in [5.41, 5.74) is 1.03. The normalized spacial score (nSPS) is 12.2. The van der Waals surface area contributed by atoms with Gasteiger partial charge in [-0.1, -0.05) is 30.3 Å². The molecule has 2 N–H and O–H groups in total. The highest BCUT2D eigenvalue weighted by molar-refractivity contribution is 5.77. The molecule has 1 atom stereocenters. The van der Waals surface area contributed by atoms with Gasteiger partial charge >= 0.3 is 0 Å². The summed E-state index contributed by atoms with van der Waals surface area (Å²) in [6, 6.07) is 9.56. The first-order valence-electron chi connectivity index (χ1n) is 4.19. The summed E-state index contributed by atoms with van der Waals surface area (Å²) in [7, 11) is 0. The molecule has 3 heteroatoms. The van der Waals surface area contributed by atoms with E-state index in [2.05, 4.69) is 5.32 Å². The van der Waals surface area contributed by atoms with Crippen LogP contribution in [0.4, 0.5) is 0 Å². The second kappa shape index (κ2) is 4.62. The van der Waals surface area contributed by atoms with Crippen LogP contribution < -0.4 is 5.32 Å². The van der Waals surface area contributed by atoms with Crippen molar-refractivity contribution in [3.63, 3.8) is 0 Å². The number of carbonyl (C=O) groups excluding carboxylic acids is 1. The fourth-order valence-electron chi connectivity index (χ4n) is 1.11.